The first-order valence-electron chi connectivity index (χ1n) is 9.61. The highest BCUT2D eigenvalue weighted by Crippen LogP contribution is 2.22. The van der Waals surface area contributed by atoms with Crippen LogP contribution in [0.4, 0.5) is 11.4 Å². The van der Waals surface area contributed by atoms with E-state index in [9.17, 15) is 18.0 Å². The molecule has 0 radical (unpaired) electrons. The van der Waals surface area contributed by atoms with Gasteiger partial charge in [-0.05, 0) is 56.2 Å². The molecule has 154 valence electrons. The fraction of sp³-hybridized carbons (Fsp3) is 0.333. The molecule has 2 aromatic carbocycles. The fourth-order valence-corrected chi connectivity index (χ4v) is 4.72. The van der Waals surface area contributed by atoms with Gasteiger partial charge in [0.05, 0.1) is 11.4 Å². The van der Waals surface area contributed by atoms with Gasteiger partial charge in [0.15, 0.2) is 5.78 Å². The topological polar surface area (TPSA) is 95.6 Å². The Balaban J connectivity index is 1.57. The molecule has 0 spiro atoms. The minimum absolute atomic E-state index is 0.0230. The van der Waals surface area contributed by atoms with Crippen molar-refractivity contribution in [3.63, 3.8) is 0 Å². The van der Waals surface area contributed by atoms with E-state index in [1.54, 1.807) is 36.4 Å². The summed E-state index contributed by atoms with van der Waals surface area (Å²) in [6.07, 6.45) is 2.83. The predicted molar refractivity (Wildman–Crippen MR) is 113 cm³/mol. The summed E-state index contributed by atoms with van der Waals surface area (Å²) >= 11 is 0. The van der Waals surface area contributed by atoms with E-state index < -0.39 is 10.0 Å². The lowest BCUT2D eigenvalue weighted by molar-refractivity contribution is -0.114. The molecule has 1 fully saturated rings. The van der Waals surface area contributed by atoms with Crippen LogP contribution in [0.3, 0.4) is 0 Å². The third-order valence-corrected chi connectivity index (χ3v) is 6.73. The van der Waals surface area contributed by atoms with Crippen molar-refractivity contribution in [1.29, 1.82) is 0 Å². The smallest absolute Gasteiger partial charge is 0.243 e. The number of ketones is 1. The summed E-state index contributed by atoms with van der Waals surface area (Å²) in [5.74, 6) is -0.317. The standard InChI is InChI=1S/C21H25N3O4S/c1-16(25)17-6-5-7-19(14-17)22-15-21(26)23-18-8-10-20(11-9-18)29(27,28)24-12-3-2-4-13-24/h5-11,14,22H,2-4,12-13,15H2,1H3,(H,23,26). The number of sulfonamides is 1. The fourth-order valence-electron chi connectivity index (χ4n) is 3.20. The molecule has 1 heterocycles. The van der Waals surface area contributed by atoms with Crippen molar-refractivity contribution < 1.29 is 18.0 Å². The number of amides is 1. The zero-order valence-electron chi connectivity index (χ0n) is 16.3. The van der Waals surface area contributed by atoms with Crippen LogP contribution in [0, 0.1) is 0 Å². The van der Waals surface area contributed by atoms with E-state index in [1.165, 1.54) is 23.4 Å². The molecule has 1 saturated heterocycles. The summed E-state index contributed by atoms with van der Waals surface area (Å²) in [6.45, 7) is 2.62. The Labute approximate surface area is 171 Å². The number of hydrogen-bond acceptors (Lipinski definition) is 5. The maximum Gasteiger partial charge on any atom is 0.243 e. The molecular formula is C21H25N3O4S. The monoisotopic (exact) mass is 415 g/mol. The second kappa shape index (κ2) is 9.19. The van der Waals surface area contributed by atoms with Gasteiger partial charge in [-0.2, -0.15) is 4.31 Å². The number of hydrogen-bond donors (Lipinski definition) is 2. The zero-order valence-corrected chi connectivity index (χ0v) is 17.2. The highest BCUT2D eigenvalue weighted by Gasteiger charge is 2.25. The van der Waals surface area contributed by atoms with E-state index in [-0.39, 0.29) is 23.1 Å². The molecule has 1 aliphatic heterocycles. The number of benzene rings is 2. The number of anilines is 2. The average molecular weight is 416 g/mol. The average Bonchev–Trinajstić information content (AvgIpc) is 2.73. The molecule has 1 aliphatic rings. The van der Waals surface area contributed by atoms with Crippen molar-refractivity contribution in [2.24, 2.45) is 0 Å². The molecule has 2 aromatic rings. The van der Waals surface area contributed by atoms with Crippen molar-refractivity contribution >= 4 is 33.1 Å². The van der Waals surface area contributed by atoms with Crippen LogP contribution in [-0.4, -0.2) is 44.0 Å². The van der Waals surface area contributed by atoms with Crippen LogP contribution >= 0.6 is 0 Å². The van der Waals surface area contributed by atoms with E-state index in [2.05, 4.69) is 10.6 Å². The van der Waals surface area contributed by atoms with Gasteiger partial charge in [-0.25, -0.2) is 8.42 Å². The molecule has 29 heavy (non-hydrogen) atoms. The van der Waals surface area contributed by atoms with Gasteiger partial charge < -0.3 is 10.6 Å². The van der Waals surface area contributed by atoms with E-state index in [4.69, 9.17) is 0 Å². The van der Waals surface area contributed by atoms with Crippen LogP contribution in [0.1, 0.15) is 36.5 Å². The van der Waals surface area contributed by atoms with Gasteiger partial charge >= 0.3 is 0 Å². The SMILES string of the molecule is CC(=O)c1cccc(NCC(=O)Nc2ccc(S(=O)(=O)N3CCCCC3)cc2)c1. The molecule has 0 bridgehead atoms. The minimum atomic E-state index is -3.48. The molecule has 1 amide bonds. The third kappa shape index (κ3) is 5.42. The lowest BCUT2D eigenvalue weighted by atomic mass is 10.1. The van der Waals surface area contributed by atoms with Gasteiger partial charge in [-0.15, -0.1) is 0 Å². The summed E-state index contributed by atoms with van der Waals surface area (Å²) in [5.41, 5.74) is 1.77. The number of nitrogens with one attached hydrogen (secondary N) is 2. The van der Waals surface area contributed by atoms with Crippen LogP contribution in [0.2, 0.25) is 0 Å². The molecule has 0 atom stereocenters. The zero-order chi connectivity index (χ0) is 20.9. The lowest BCUT2D eigenvalue weighted by Gasteiger charge is -2.25. The van der Waals surface area contributed by atoms with Gasteiger partial charge in [0.25, 0.3) is 0 Å². The van der Waals surface area contributed by atoms with Crippen LogP contribution in [0.5, 0.6) is 0 Å². The number of piperidine rings is 1. The van der Waals surface area contributed by atoms with Crippen molar-refractivity contribution in [2.45, 2.75) is 31.1 Å². The van der Waals surface area contributed by atoms with Crippen LogP contribution in [-0.2, 0) is 14.8 Å². The molecule has 8 heteroatoms. The van der Waals surface area contributed by atoms with Gasteiger partial charge in [-0.3, -0.25) is 9.59 Å². The van der Waals surface area contributed by atoms with Crippen molar-refractivity contribution in [2.75, 3.05) is 30.3 Å². The summed E-state index contributed by atoms with van der Waals surface area (Å²) in [7, 11) is -3.48. The second-order valence-corrected chi connectivity index (χ2v) is 8.97. The van der Waals surface area contributed by atoms with E-state index in [0.29, 0.717) is 30.0 Å². The summed E-state index contributed by atoms with van der Waals surface area (Å²) in [4.78, 5) is 23.8. The first-order valence-corrected chi connectivity index (χ1v) is 11.1. The molecule has 2 N–H and O–H groups in total. The van der Waals surface area contributed by atoms with Crippen LogP contribution < -0.4 is 10.6 Å². The van der Waals surface area contributed by atoms with Crippen molar-refractivity contribution in [3.8, 4) is 0 Å². The Hall–Kier alpha value is -2.71. The Kier molecular flexibility index (Phi) is 6.66. The van der Waals surface area contributed by atoms with Gasteiger partial charge in [0.2, 0.25) is 15.9 Å². The van der Waals surface area contributed by atoms with E-state index in [1.807, 2.05) is 0 Å². The maximum absolute atomic E-state index is 12.7. The number of Topliss-reactive ketones (excluding diaryl/α,β-unsaturated/α-hetero) is 1. The Morgan fingerprint density at radius 1 is 0.966 bits per heavy atom. The predicted octanol–water partition coefficient (Wildman–Crippen LogP) is 3.11. The molecule has 0 saturated carbocycles. The maximum atomic E-state index is 12.7. The summed E-state index contributed by atoms with van der Waals surface area (Å²) in [6, 6.07) is 13.1. The Morgan fingerprint density at radius 2 is 1.66 bits per heavy atom. The lowest BCUT2D eigenvalue weighted by Crippen LogP contribution is -2.35. The van der Waals surface area contributed by atoms with Crippen molar-refractivity contribution in [3.05, 3.63) is 54.1 Å². The number of nitrogens with zero attached hydrogens (tertiary/aromatic N) is 1. The van der Waals surface area contributed by atoms with E-state index >= 15 is 0 Å². The third-order valence-electron chi connectivity index (χ3n) is 4.81. The largest absolute Gasteiger partial charge is 0.376 e. The van der Waals surface area contributed by atoms with Crippen LogP contribution in [0.25, 0.3) is 0 Å². The Bertz CT molecular complexity index is 981. The normalized spacial score (nSPS) is 14.9. The molecule has 7 nitrogen and oxygen atoms in total. The number of rotatable bonds is 7. The highest BCUT2D eigenvalue weighted by molar-refractivity contribution is 7.89. The molecule has 0 unspecified atom stereocenters. The molecule has 0 aromatic heterocycles. The molecule has 0 aliphatic carbocycles. The molecule has 3 rings (SSSR count). The van der Waals surface area contributed by atoms with Gasteiger partial charge in [0.1, 0.15) is 0 Å². The van der Waals surface area contributed by atoms with E-state index in [0.717, 1.165) is 19.3 Å². The number of carbonyl (C=O) groups is 2. The first-order chi connectivity index (χ1) is 13.9. The second-order valence-electron chi connectivity index (χ2n) is 7.03. The quantitative estimate of drug-likeness (QED) is 0.678. The summed E-state index contributed by atoms with van der Waals surface area (Å²) < 4.78 is 26.8. The van der Waals surface area contributed by atoms with Gasteiger partial charge in [0, 0.05) is 30.0 Å². The Morgan fingerprint density at radius 3 is 2.31 bits per heavy atom. The first kappa shape index (κ1) is 21.0. The molecular weight excluding hydrogens is 390 g/mol. The minimum Gasteiger partial charge on any atom is -0.376 e. The number of carbonyl (C=O) groups excluding carboxylic acids is 2. The highest BCUT2D eigenvalue weighted by atomic mass is 32.2. The summed E-state index contributed by atoms with van der Waals surface area (Å²) in [5, 5.41) is 5.70. The van der Waals surface area contributed by atoms with Crippen LogP contribution in [0.15, 0.2) is 53.4 Å². The van der Waals surface area contributed by atoms with Gasteiger partial charge in [-0.1, -0.05) is 18.6 Å². The van der Waals surface area contributed by atoms with Crippen molar-refractivity contribution in [1.82, 2.24) is 4.31 Å².